The van der Waals surface area contributed by atoms with Gasteiger partial charge >= 0.3 is 17.6 Å². The fraction of sp³-hybridized carbons (Fsp3) is 0.562. The molecule has 0 amide bonds. The molecule has 0 aliphatic heterocycles. The van der Waals surface area contributed by atoms with Crippen LogP contribution in [0.15, 0.2) is 55.1 Å². The predicted octanol–water partition coefficient (Wildman–Crippen LogP) is 6.59. The van der Waals surface area contributed by atoms with Gasteiger partial charge in [0.1, 0.15) is 0 Å². The summed E-state index contributed by atoms with van der Waals surface area (Å²) in [5.41, 5.74) is 2.79. The fourth-order valence-electron chi connectivity index (χ4n) is 4.40. The van der Waals surface area contributed by atoms with E-state index in [1.54, 1.807) is 0 Å². The molecule has 0 heterocycles. The van der Waals surface area contributed by atoms with E-state index in [9.17, 15) is 0 Å². The molecule has 0 aromatic heterocycles. The van der Waals surface area contributed by atoms with Crippen LogP contribution in [0.4, 0.5) is 0 Å². The van der Waals surface area contributed by atoms with Crippen LogP contribution in [0.3, 0.4) is 0 Å². The highest BCUT2D eigenvalue weighted by Gasteiger charge is 2.48. The van der Waals surface area contributed by atoms with Crippen molar-refractivity contribution in [3.8, 4) is 0 Å². The zero-order valence-electron chi connectivity index (χ0n) is 26.7. The van der Waals surface area contributed by atoms with E-state index in [0.717, 1.165) is 27.1 Å². The highest BCUT2D eigenvalue weighted by molar-refractivity contribution is 6.76. The highest BCUT2D eigenvalue weighted by Crippen LogP contribution is 2.25. The van der Waals surface area contributed by atoms with Crippen molar-refractivity contribution in [1.82, 2.24) is 0 Å². The van der Waals surface area contributed by atoms with Gasteiger partial charge in [0.2, 0.25) is 0 Å². The quantitative estimate of drug-likeness (QED) is 0.206. The first kappa shape index (κ1) is 34.6. The molecule has 2 aromatic rings. The molecule has 0 unspecified atom stereocenters. The lowest BCUT2D eigenvalue weighted by atomic mass is 10.00. The maximum absolute atomic E-state index is 6.48. The van der Waals surface area contributed by atoms with Gasteiger partial charge in [-0.1, -0.05) is 43.0 Å². The molecule has 2 aromatic carbocycles. The number of hydrogen-bond donors (Lipinski definition) is 0. The van der Waals surface area contributed by atoms with Crippen LogP contribution in [0.1, 0.15) is 94.2 Å². The zero-order chi connectivity index (χ0) is 30.3. The summed E-state index contributed by atoms with van der Waals surface area (Å²) in [6.07, 6.45) is -0.369. The second-order valence-corrected chi connectivity index (χ2v) is 16.5. The predicted molar refractivity (Wildman–Crippen MR) is 169 cm³/mol. The summed E-state index contributed by atoms with van der Waals surface area (Å²) in [6.45, 7) is 28.6. The molecule has 40 heavy (non-hydrogen) atoms. The molecule has 0 aliphatic carbocycles. The van der Waals surface area contributed by atoms with E-state index in [4.69, 9.17) is 26.6 Å². The molecule has 0 spiro atoms. The van der Waals surface area contributed by atoms with Crippen LogP contribution in [-0.4, -0.2) is 54.2 Å². The Morgan fingerprint density at radius 1 is 0.475 bits per heavy atom. The molecule has 6 nitrogen and oxygen atoms in total. The van der Waals surface area contributed by atoms with E-state index in [2.05, 4.69) is 30.8 Å². The minimum Gasteiger partial charge on any atom is -0.367 e. The van der Waals surface area contributed by atoms with E-state index in [0.29, 0.717) is 0 Å². The fourth-order valence-corrected chi connectivity index (χ4v) is 10.5. The topological polar surface area (TPSA) is 55.4 Å². The summed E-state index contributed by atoms with van der Waals surface area (Å²) in [5.74, 6) is 0. The Balaban J connectivity index is 2.62. The van der Waals surface area contributed by atoms with Crippen LogP contribution in [-0.2, 0) is 26.6 Å². The number of hydrogen-bond acceptors (Lipinski definition) is 6. The van der Waals surface area contributed by atoms with Crippen molar-refractivity contribution in [3.05, 3.63) is 66.2 Å². The third-order valence-corrected chi connectivity index (χ3v) is 12.2. The maximum atomic E-state index is 6.48. The maximum Gasteiger partial charge on any atom is 0.537 e. The summed E-state index contributed by atoms with van der Waals surface area (Å²) >= 11 is 0. The Morgan fingerprint density at radius 3 is 0.950 bits per heavy atom. The van der Waals surface area contributed by atoms with E-state index >= 15 is 0 Å². The molecule has 0 radical (unpaired) electrons. The first-order valence-electron chi connectivity index (χ1n) is 14.6. The summed E-state index contributed by atoms with van der Waals surface area (Å²) < 4.78 is 38.9. The number of rotatable bonds is 16. The Labute approximate surface area is 245 Å². The van der Waals surface area contributed by atoms with Crippen molar-refractivity contribution < 1.29 is 26.6 Å². The molecular weight excluding hydrogens is 537 g/mol. The van der Waals surface area contributed by atoms with Crippen LogP contribution in [0.2, 0.25) is 0 Å². The summed E-state index contributed by atoms with van der Waals surface area (Å²) in [6, 6.07) is 16.4. The highest BCUT2D eigenvalue weighted by atomic mass is 28.4. The summed E-state index contributed by atoms with van der Waals surface area (Å²) in [7, 11) is -6.46. The molecule has 0 saturated carbocycles. The van der Waals surface area contributed by atoms with Crippen molar-refractivity contribution in [2.24, 2.45) is 0 Å². The van der Waals surface area contributed by atoms with Crippen molar-refractivity contribution in [1.29, 1.82) is 0 Å². The van der Waals surface area contributed by atoms with Gasteiger partial charge < -0.3 is 26.6 Å². The minimum atomic E-state index is -3.23. The minimum absolute atomic E-state index is 0.0614. The van der Waals surface area contributed by atoms with E-state index in [1.165, 1.54) is 0 Å². The molecule has 224 valence electrons. The van der Waals surface area contributed by atoms with Crippen LogP contribution in [0.5, 0.6) is 0 Å². The van der Waals surface area contributed by atoms with Crippen molar-refractivity contribution in [3.63, 3.8) is 0 Å². The van der Waals surface area contributed by atoms with Crippen molar-refractivity contribution in [2.45, 2.75) is 120 Å². The van der Waals surface area contributed by atoms with E-state index in [-0.39, 0.29) is 36.6 Å². The van der Waals surface area contributed by atoms with E-state index < -0.39 is 17.6 Å². The standard InChI is InChI=1S/C32H52O6Si2/c1-22(2)33-39(34-23(3)4,35-24(5)6)31-18-14-16-29(20-31)28(13)30-17-15-19-32(21-30)40(36-25(7)8,37-26(9)10)38-27(11)12/h14-27H,13H2,1-12H3. The third kappa shape index (κ3) is 9.74. The van der Waals surface area contributed by atoms with E-state index in [1.807, 2.05) is 107 Å². The summed E-state index contributed by atoms with van der Waals surface area (Å²) in [5, 5.41) is 1.83. The average Bonchev–Trinajstić information content (AvgIpc) is 2.81. The van der Waals surface area contributed by atoms with Crippen LogP contribution >= 0.6 is 0 Å². The van der Waals surface area contributed by atoms with Crippen molar-refractivity contribution in [2.75, 3.05) is 0 Å². The zero-order valence-corrected chi connectivity index (χ0v) is 28.7. The van der Waals surface area contributed by atoms with Gasteiger partial charge in [0.05, 0.1) is 0 Å². The van der Waals surface area contributed by atoms with Crippen molar-refractivity contribution >= 4 is 33.6 Å². The largest absolute Gasteiger partial charge is 0.537 e. The second-order valence-electron chi connectivity index (χ2n) is 11.8. The van der Waals surface area contributed by atoms with Gasteiger partial charge in [-0.15, -0.1) is 0 Å². The lowest BCUT2D eigenvalue weighted by Crippen LogP contribution is -2.60. The lowest BCUT2D eigenvalue weighted by Gasteiger charge is -2.35. The second kappa shape index (κ2) is 15.0. The smallest absolute Gasteiger partial charge is 0.367 e. The van der Waals surface area contributed by atoms with Gasteiger partial charge in [-0.05, 0) is 112 Å². The lowest BCUT2D eigenvalue weighted by molar-refractivity contribution is 0.0142. The number of benzene rings is 2. The molecule has 0 fully saturated rings. The average molecular weight is 589 g/mol. The summed E-state index contributed by atoms with van der Waals surface area (Å²) in [4.78, 5) is 0. The van der Waals surface area contributed by atoms with Crippen LogP contribution in [0, 0.1) is 0 Å². The Morgan fingerprint density at radius 2 is 0.725 bits per heavy atom. The molecule has 0 aliphatic rings. The monoisotopic (exact) mass is 588 g/mol. The normalized spacial score (nSPS) is 13.1. The SMILES string of the molecule is C=C(c1cccc([Si](OC(C)C)(OC(C)C)OC(C)C)c1)c1cccc([Si](OC(C)C)(OC(C)C)OC(C)C)c1. The molecule has 0 bridgehead atoms. The molecule has 0 atom stereocenters. The third-order valence-electron chi connectivity index (χ3n) is 5.47. The van der Waals surface area contributed by atoms with Gasteiger partial charge in [0, 0.05) is 47.0 Å². The van der Waals surface area contributed by atoms with Gasteiger partial charge in [-0.25, -0.2) is 0 Å². The van der Waals surface area contributed by atoms with Crippen LogP contribution < -0.4 is 10.4 Å². The first-order valence-corrected chi connectivity index (χ1v) is 18.0. The molecule has 2 rings (SSSR count). The molecule has 0 saturated heterocycles. The first-order chi connectivity index (χ1) is 18.6. The van der Waals surface area contributed by atoms with Gasteiger partial charge in [-0.2, -0.15) is 0 Å². The van der Waals surface area contributed by atoms with Gasteiger partial charge in [0.15, 0.2) is 0 Å². The molecule has 0 N–H and O–H groups in total. The Kier molecular flexibility index (Phi) is 13.0. The van der Waals surface area contributed by atoms with Gasteiger partial charge in [-0.3, -0.25) is 0 Å². The van der Waals surface area contributed by atoms with Gasteiger partial charge in [0.25, 0.3) is 0 Å². The molecular formula is C32H52O6Si2. The van der Waals surface area contributed by atoms with Crippen LogP contribution in [0.25, 0.3) is 5.57 Å². The molecule has 8 heteroatoms. The Hall–Kier alpha value is -1.63. The Bertz CT molecular complexity index is 944.